The number of carbonyl (C=O) groups excluding carboxylic acids is 1. The van der Waals surface area contributed by atoms with Gasteiger partial charge in [0, 0.05) is 18.5 Å². The Bertz CT molecular complexity index is 1350. The van der Waals surface area contributed by atoms with E-state index in [1.54, 1.807) is 6.07 Å². The maximum atomic E-state index is 13.1. The van der Waals surface area contributed by atoms with E-state index >= 15 is 0 Å². The van der Waals surface area contributed by atoms with Crippen molar-refractivity contribution in [3.05, 3.63) is 70.5 Å². The van der Waals surface area contributed by atoms with Gasteiger partial charge in [0.15, 0.2) is 5.69 Å². The number of fused-ring (bicyclic) bond motifs is 1. The average molecular weight is 462 g/mol. The Kier molecular flexibility index (Phi) is 5.95. The standard InChI is InChI=1S/C24H23N5O3S/c1-16(22(30)28-13-7-8-14-28)33-24-26-25-21(32-24)20-18-11-5-6-12-19(18)23(31)29(27-20)15-17-9-3-2-4-10-17/h2-6,9-12,16H,7-8,13-15H2,1H3/t16-/m0/s1. The summed E-state index contributed by atoms with van der Waals surface area (Å²) in [7, 11) is 0. The summed E-state index contributed by atoms with van der Waals surface area (Å²) in [6, 6.07) is 16.9. The molecule has 2 aromatic carbocycles. The first kappa shape index (κ1) is 21.4. The summed E-state index contributed by atoms with van der Waals surface area (Å²) < 4.78 is 7.32. The van der Waals surface area contributed by atoms with Gasteiger partial charge in [-0.1, -0.05) is 60.3 Å². The molecule has 8 nitrogen and oxygen atoms in total. The number of likely N-dealkylation sites (tertiary alicyclic amines) is 1. The molecule has 0 bridgehead atoms. The Morgan fingerprint density at radius 3 is 2.48 bits per heavy atom. The molecule has 0 spiro atoms. The van der Waals surface area contributed by atoms with Crippen molar-refractivity contribution in [1.29, 1.82) is 0 Å². The van der Waals surface area contributed by atoms with E-state index in [1.807, 2.05) is 60.4 Å². The van der Waals surface area contributed by atoms with E-state index < -0.39 is 0 Å². The molecule has 9 heteroatoms. The van der Waals surface area contributed by atoms with Gasteiger partial charge in [0.25, 0.3) is 16.7 Å². The molecule has 1 atom stereocenters. The molecule has 0 N–H and O–H groups in total. The van der Waals surface area contributed by atoms with Crippen molar-refractivity contribution < 1.29 is 9.21 Å². The first-order chi connectivity index (χ1) is 16.1. The van der Waals surface area contributed by atoms with Gasteiger partial charge in [0.2, 0.25) is 5.91 Å². The molecular weight excluding hydrogens is 438 g/mol. The van der Waals surface area contributed by atoms with Gasteiger partial charge < -0.3 is 9.32 Å². The van der Waals surface area contributed by atoms with Gasteiger partial charge in [-0.3, -0.25) is 9.59 Å². The molecule has 4 aromatic rings. The molecule has 1 aliphatic rings. The lowest BCUT2D eigenvalue weighted by molar-refractivity contribution is -0.129. The lowest BCUT2D eigenvalue weighted by Gasteiger charge is -2.18. The highest BCUT2D eigenvalue weighted by atomic mass is 32.2. The van der Waals surface area contributed by atoms with Crippen LogP contribution in [0.25, 0.3) is 22.4 Å². The zero-order valence-electron chi connectivity index (χ0n) is 18.2. The summed E-state index contributed by atoms with van der Waals surface area (Å²) in [5, 5.41) is 14.1. The number of hydrogen-bond donors (Lipinski definition) is 0. The summed E-state index contributed by atoms with van der Waals surface area (Å²) in [4.78, 5) is 27.6. The van der Waals surface area contributed by atoms with Gasteiger partial charge in [-0.25, -0.2) is 4.68 Å². The maximum absolute atomic E-state index is 13.1. The number of hydrogen-bond acceptors (Lipinski definition) is 7. The summed E-state index contributed by atoms with van der Waals surface area (Å²) in [6.07, 6.45) is 2.09. The van der Waals surface area contributed by atoms with Crippen LogP contribution in [0.5, 0.6) is 0 Å². The molecule has 168 valence electrons. The minimum absolute atomic E-state index is 0.0808. The zero-order valence-corrected chi connectivity index (χ0v) is 19.0. The van der Waals surface area contributed by atoms with Crippen molar-refractivity contribution in [2.75, 3.05) is 13.1 Å². The van der Waals surface area contributed by atoms with Crippen molar-refractivity contribution in [1.82, 2.24) is 24.9 Å². The second-order valence-corrected chi connectivity index (χ2v) is 9.30. The smallest absolute Gasteiger partial charge is 0.277 e. The van der Waals surface area contributed by atoms with Gasteiger partial charge >= 0.3 is 0 Å². The summed E-state index contributed by atoms with van der Waals surface area (Å²) >= 11 is 1.24. The molecule has 3 heterocycles. The maximum Gasteiger partial charge on any atom is 0.277 e. The number of carbonyl (C=O) groups is 1. The van der Waals surface area contributed by atoms with Crippen LogP contribution in [0.1, 0.15) is 25.3 Å². The normalized spacial score (nSPS) is 14.6. The van der Waals surface area contributed by atoms with E-state index in [0.717, 1.165) is 31.5 Å². The van der Waals surface area contributed by atoms with Crippen LogP contribution in [0.4, 0.5) is 0 Å². The van der Waals surface area contributed by atoms with Crippen LogP contribution in [0.15, 0.2) is 69.0 Å². The minimum Gasteiger partial charge on any atom is -0.409 e. The predicted molar refractivity (Wildman–Crippen MR) is 126 cm³/mol. The third-order valence-electron chi connectivity index (χ3n) is 5.70. The van der Waals surface area contributed by atoms with Crippen molar-refractivity contribution >= 4 is 28.4 Å². The molecule has 1 aliphatic heterocycles. The predicted octanol–water partition coefficient (Wildman–Crippen LogP) is 3.60. The van der Waals surface area contributed by atoms with Crippen LogP contribution in [0.3, 0.4) is 0 Å². The number of benzene rings is 2. The molecule has 0 saturated carbocycles. The van der Waals surface area contributed by atoms with Gasteiger partial charge in [0.1, 0.15) is 0 Å². The fourth-order valence-electron chi connectivity index (χ4n) is 4.01. The highest BCUT2D eigenvalue weighted by molar-refractivity contribution is 8.00. The quantitative estimate of drug-likeness (QED) is 0.405. The number of thioether (sulfide) groups is 1. The molecule has 0 unspecified atom stereocenters. The van der Waals surface area contributed by atoms with E-state index in [9.17, 15) is 9.59 Å². The zero-order chi connectivity index (χ0) is 22.8. The van der Waals surface area contributed by atoms with Crippen LogP contribution in [-0.2, 0) is 11.3 Å². The SMILES string of the molecule is C[C@H](Sc1nnc(-c2nn(Cc3ccccc3)c(=O)c3ccccc23)o1)C(=O)N1CCCC1. The van der Waals surface area contributed by atoms with E-state index in [4.69, 9.17) is 4.42 Å². The lowest BCUT2D eigenvalue weighted by Crippen LogP contribution is -2.34. The molecule has 5 rings (SSSR count). The molecule has 1 saturated heterocycles. The molecule has 33 heavy (non-hydrogen) atoms. The molecular formula is C24H23N5O3S. The van der Waals surface area contributed by atoms with Crippen LogP contribution in [0.2, 0.25) is 0 Å². The highest BCUT2D eigenvalue weighted by Gasteiger charge is 2.26. The third kappa shape index (κ3) is 4.41. The molecule has 0 aliphatic carbocycles. The number of nitrogens with zero attached hydrogens (tertiary/aromatic N) is 5. The van der Waals surface area contributed by atoms with Gasteiger partial charge in [0.05, 0.1) is 17.2 Å². The Balaban J connectivity index is 1.47. The second kappa shape index (κ2) is 9.19. The van der Waals surface area contributed by atoms with Gasteiger partial charge in [-0.2, -0.15) is 5.10 Å². The van der Waals surface area contributed by atoms with Crippen molar-refractivity contribution in [2.24, 2.45) is 0 Å². The topological polar surface area (TPSA) is 94.1 Å². The Morgan fingerprint density at radius 1 is 1.03 bits per heavy atom. The van der Waals surface area contributed by atoms with Crippen LogP contribution >= 0.6 is 11.8 Å². The van der Waals surface area contributed by atoms with Crippen LogP contribution < -0.4 is 5.56 Å². The van der Waals surface area contributed by atoms with Crippen LogP contribution in [-0.4, -0.2) is 49.1 Å². The molecule has 1 amide bonds. The average Bonchev–Trinajstić information content (AvgIpc) is 3.54. The van der Waals surface area contributed by atoms with Gasteiger partial charge in [-0.15, -0.1) is 10.2 Å². The fraction of sp³-hybridized carbons (Fsp3) is 0.292. The Hall–Kier alpha value is -3.46. The first-order valence-corrected chi connectivity index (χ1v) is 11.8. The van der Waals surface area contributed by atoms with Crippen molar-refractivity contribution in [3.63, 3.8) is 0 Å². The highest BCUT2D eigenvalue weighted by Crippen LogP contribution is 2.29. The number of rotatable bonds is 6. The number of aromatic nitrogens is 4. The fourth-order valence-corrected chi connectivity index (χ4v) is 4.77. The first-order valence-electron chi connectivity index (χ1n) is 10.9. The second-order valence-electron chi connectivity index (χ2n) is 8.01. The Morgan fingerprint density at radius 2 is 1.73 bits per heavy atom. The third-order valence-corrected chi connectivity index (χ3v) is 6.62. The van der Waals surface area contributed by atoms with Crippen molar-refractivity contribution in [2.45, 2.75) is 36.8 Å². The van der Waals surface area contributed by atoms with E-state index in [0.29, 0.717) is 28.2 Å². The lowest BCUT2D eigenvalue weighted by atomic mass is 10.1. The monoisotopic (exact) mass is 461 g/mol. The van der Waals surface area contributed by atoms with E-state index in [1.165, 1.54) is 16.4 Å². The molecule has 0 radical (unpaired) electrons. The minimum atomic E-state index is -0.326. The summed E-state index contributed by atoms with van der Waals surface area (Å²) in [6.45, 7) is 3.78. The largest absolute Gasteiger partial charge is 0.409 e. The molecule has 1 fully saturated rings. The van der Waals surface area contributed by atoms with E-state index in [-0.39, 0.29) is 22.6 Å². The summed E-state index contributed by atoms with van der Waals surface area (Å²) in [5.74, 6) is 0.300. The Labute approximate surface area is 194 Å². The number of amides is 1. The summed E-state index contributed by atoms with van der Waals surface area (Å²) in [5.41, 5.74) is 1.22. The van der Waals surface area contributed by atoms with Gasteiger partial charge in [-0.05, 0) is 31.4 Å². The molecule has 2 aromatic heterocycles. The van der Waals surface area contributed by atoms with E-state index in [2.05, 4.69) is 15.3 Å². The van der Waals surface area contributed by atoms with Crippen LogP contribution in [0, 0.1) is 0 Å². The van der Waals surface area contributed by atoms with Crippen molar-refractivity contribution in [3.8, 4) is 11.6 Å².